The Morgan fingerprint density at radius 2 is 2.23 bits per heavy atom. The van der Waals surface area contributed by atoms with Gasteiger partial charge in [0.25, 0.3) is 5.91 Å². The van der Waals surface area contributed by atoms with E-state index in [9.17, 15) is 9.59 Å². The highest BCUT2D eigenvalue weighted by molar-refractivity contribution is 6.10. The van der Waals surface area contributed by atoms with Crippen LogP contribution in [0.3, 0.4) is 0 Å². The average molecular weight is 179 g/mol. The maximum atomic E-state index is 11.3. The van der Waals surface area contributed by atoms with Crippen LogP contribution in [0.4, 0.5) is 0 Å². The largest absolute Gasteiger partial charge is 0.329 e. The molecule has 0 bridgehead atoms. The fraction of sp³-hybridized carbons (Fsp3) is 0.375. The number of amides is 2. The predicted octanol–water partition coefficient (Wildman–Crippen LogP) is -0.206. The van der Waals surface area contributed by atoms with Crippen LogP contribution in [-0.2, 0) is 11.8 Å². The maximum absolute atomic E-state index is 11.3. The van der Waals surface area contributed by atoms with Gasteiger partial charge in [0.2, 0.25) is 5.91 Å². The first kappa shape index (κ1) is 7.97. The van der Waals surface area contributed by atoms with Crippen LogP contribution in [0, 0.1) is 0 Å². The number of hydrogen-bond acceptors (Lipinski definition) is 3. The molecular weight excluding hydrogens is 170 g/mol. The second kappa shape index (κ2) is 2.42. The minimum Gasteiger partial charge on any atom is -0.329 e. The minimum atomic E-state index is -0.363. The molecule has 1 unspecified atom stereocenters. The maximum Gasteiger partial charge on any atom is 0.276 e. The summed E-state index contributed by atoms with van der Waals surface area (Å²) in [5.74, 6) is -0.983. The van der Waals surface area contributed by atoms with Gasteiger partial charge in [-0.25, -0.2) is 4.98 Å². The number of nitrogens with zero attached hydrogens (tertiary/aromatic N) is 2. The Morgan fingerprint density at radius 3 is 2.92 bits per heavy atom. The number of imidazole rings is 1. The number of carbonyl (C=O) groups is 2. The lowest BCUT2D eigenvalue weighted by molar-refractivity contribution is -0.121. The van der Waals surface area contributed by atoms with Gasteiger partial charge in [-0.3, -0.25) is 14.9 Å². The summed E-state index contributed by atoms with van der Waals surface area (Å²) in [6, 6.07) is 0. The summed E-state index contributed by atoms with van der Waals surface area (Å²) in [7, 11) is 1.73. The molecule has 0 radical (unpaired) electrons. The van der Waals surface area contributed by atoms with Crippen LogP contribution in [0.5, 0.6) is 0 Å². The summed E-state index contributed by atoms with van der Waals surface area (Å²) in [5, 5.41) is 2.27. The number of fused-ring (bicyclic) bond motifs is 1. The monoisotopic (exact) mass is 179 g/mol. The smallest absolute Gasteiger partial charge is 0.276 e. The van der Waals surface area contributed by atoms with E-state index in [0.29, 0.717) is 11.4 Å². The Bertz CT molecular complexity index is 394. The molecule has 2 amide bonds. The predicted molar refractivity (Wildman–Crippen MR) is 44.1 cm³/mol. The van der Waals surface area contributed by atoms with Gasteiger partial charge < -0.3 is 4.57 Å². The highest BCUT2D eigenvalue weighted by Crippen LogP contribution is 2.21. The standard InChI is InChI=1S/C8H9N3O2/c1-4-5-6(11(2)3-9-5)8(13)10-7(4)12/h3-4H,1-2H3,(H,10,12,13). The molecule has 1 N–H and O–H groups in total. The van der Waals surface area contributed by atoms with Crippen molar-refractivity contribution in [1.82, 2.24) is 14.9 Å². The van der Waals surface area contributed by atoms with E-state index in [4.69, 9.17) is 0 Å². The molecule has 5 heteroatoms. The number of rotatable bonds is 0. The zero-order valence-electron chi connectivity index (χ0n) is 7.37. The van der Waals surface area contributed by atoms with Gasteiger partial charge >= 0.3 is 0 Å². The van der Waals surface area contributed by atoms with E-state index in [0.717, 1.165) is 0 Å². The van der Waals surface area contributed by atoms with Gasteiger partial charge in [-0.15, -0.1) is 0 Å². The summed E-state index contributed by atoms with van der Waals surface area (Å²) in [6.45, 7) is 1.73. The molecule has 13 heavy (non-hydrogen) atoms. The third-order valence-electron chi connectivity index (χ3n) is 2.22. The fourth-order valence-corrected chi connectivity index (χ4v) is 1.45. The molecule has 0 aromatic carbocycles. The van der Waals surface area contributed by atoms with Crippen LogP contribution in [0.25, 0.3) is 0 Å². The molecule has 0 saturated carbocycles. The first-order valence-electron chi connectivity index (χ1n) is 3.97. The van der Waals surface area contributed by atoms with E-state index in [1.165, 1.54) is 0 Å². The van der Waals surface area contributed by atoms with Crippen molar-refractivity contribution in [2.75, 3.05) is 0 Å². The number of aryl methyl sites for hydroxylation is 1. The van der Waals surface area contributed by atoms with Crippen molar-refractivity contribution in [3.05, 3.63) is 17.7 Å². The molecule has 1 atom stereocenters. The molecule has 5 nitrogen and oxygen atoms in total. The lowest BCUT2D eigenvalue weighted by Gasteiger charge is -2.17. The molecule has 0 fully saturated rings. The molecule has 0 spiro atoms. The quantitative estimate of drug-likeness (QED) is 0.560. The Hall–Kier alpha value is -1.65. The second-order valence-electron chi connectivity index (χ2n) is 3.13. The van der Waals surface area contributed by atoms with Gasteiger partial charge in [0, 0.05) is 7.05 Å². The van der Waals surface area contributed by atoms with Crippen LogP contribution in [-0.4, -0.2) is 21.4 Å². The summed E-state index contributed by atoms with van der Waals surface area (Å²) in [5.41, 5.74) is 1.04. The molecule has 1 aromatic heterocycles. The lowest BCUT2D eigenvalue weighted by Crippen LogP contribution is -2.40. The Kier molecular flexibility index (Phi) is 1.48. The number of hydrogen-bond donors (Lipinski definition) is 1. The van der Waals surface area contributed by atoms with Crippen molar-refractivity contribution in [2.24, 2.45) is 7.05 Å². The first-order chi connectivity index (χ1) is 6.11. The topological polar surface area (TPSA) is 64.0 Å². The summed E-state index contributed by atoms with van der Waals surface area (Å²) < 4.78 is 1.62. The van der Waals surface area contributed by atoms with Crippen LogP contribution in [0.15, 0.2) is 6.33 Å². The number of nitrogens with one attached hydrogen (secondary N) is 1. The average Bonchev–Trinajstić information content (AvgIpc) is 2.44. The molecule has 1 aliphatic rings. The molecule has 0 saturated heterocycles. The third-order valence-corrected chi connectivity index (χ3v) is 2.22. The molecule has 2 heterocycles. The number of carbonyl (C=O) groups excluding carboxylic acids is 2. The summed E-state index contributed by atoms with van der Waals surface area (Å²) in [6.07, 6.45) is 1.54. The highest BCUT2D eigenvalue weighted by atomic mass is 16.2. The van der Waals surface area contributed by atoms with E-state index < -0.39 is 0 Å². The van der Waals surface area contributed by atoms with E-state index in [1.54, 1.807) is 24.9 Å². The Morgan fingerprint density at radius 1 is 1.54 bits per heavy atom. The second-order valence-corrected chi connectivity index (χ2v) is 3.13. The first-order valence-corrected chi connectivity index (χ1v) is 3.97. The van der Waals surface area contributed by atoms with Crippen molar-refractivity contribution >= 4 is 11.8 Å². The normalized spacial score (nSPS) is 21.2. The SMILES string of the molecule is CC1C(=O)NC(=O)c2c1ncn2C. The van der Waals surface area contributed by atoms with Crippen molar-refractivity contribution in [1.29, 1.82) is 0 Å². The van der Waals surface area contributed by atoms with Gasteiger partial charge in [0.15, 0.2) is 0 Å². The lowest BCUT2D eigenvalue weighted by atomic mass is 10.0. The van der Waals surface area contributed by atoms with Gasteiger partial charge in [-0.1, -0.05) is 0 Å². The van der Waals surface area contributed by atoms with Crippen LogP contribution < -0.4 is 5.32 Å². The molecule has 68 valence electrons. The molecule has 0 aliphatic carbocycles. The highest BCUT2D eigenvalue weighted by Gasteiger charge is 2.32. The van der Waals surface area contributed by atoms with Crippen LogP contribution >= 0.6 is 0 Å². The molecule has 2 rings (SSSR count). The minimum absolute atomic E-state index is 0.281. The Labute approximate surface area is 74.8 Å². The van der Waals surface area contributed by atoms with Gasteiger partial charge in [-0.05, 0) is 6.92 Å². The van der Waals surface area contributed by atoms with E-state index >= 15 is 0 Å². The number of aromatic nitrogens is 2. The van der Waals surface area contributed by atoms with Crippen molar-refractivity contribution in [2.45, 2.75) is 12.8 Å². The van der Waals surface area contributed by atoms with E-state index in [-0.39, 0.29) is 17.7 Å². The van der Waals surface area contributed by atoms with Crippen molar-refractivity contribution in [3.8, 4) is 0 Å². The van der Waals surface area contributed by atoms with Crippen LogP contribution in [0.2, 0.25) is 0 Å². The summed E-state index contributed by atoms with van der Waals surface area (Å²) >= 11 is 0. The Balaban J connectivity index is 2.62. The number of imide groups is 1. The zero-order chi connectivity index (χ0) is 9.59. The third kappa shape index (κ3) is 0.965. The zero-order valence-corrected chi connectivity index (χ0v) is 7.37. The van der Waals surface area contributed by atoms with Crippen molar-refractivity contribution < 1.29 is 9.59 Å². The van der Waals surface area contributed by atoms with Gasteiger partial charge in [0.1, 0.15) is 5.69 Å². The fourth-order valence-electron chi connectivity index (χ4n) is 1.45. The van der Waals surface area contributed by atoms with E-state index in [1.807, 2.05) is 0 Å². The van der Waals surface area contributed by atoms with Gasteiger partial charge in [0.05, 0.1) is 17.9 Å². The van der Waals surface area contributed by atoms with E-state index in [2.05, 4.69) is 10.3 Å². The molecule has 1 aliphatic heterocycles. The summed E-state index contributed by atoms with van der Waals surface area (Å²) in [4.78, 5) is 26.5. The van der Waals surface area contributed by atoms with Gasteiger partial charge in [-0.2, -0.15) is 0 Å². The molecular formula is C8H9N3O2. The molecule has 1 aromatic rings. The van der Waals surface area contributed by atoms with Crippen molar-refractivity contribution in [3.63, 3.8) is 0 Å². The van der Waals surface area contributed by atoms with Crippen LogP contribution in [0.1, 0.15) is 29.0 Å².